The summed E-state index contributed by atoms with van der Waals surface area (Å²) in [6.45, 7) is 8.74. The predicted octanol–water partition coefficient (Wildman–Crippen LogP) is 3.71. The molecule has 0 radical (unpaired) electrons. The Labute approximate surface area is 170 Å². The van der Waals surface area contributed by atoms with Gasteiger partial charge >= 0.3 is 0 Å². The number of nitrogens with one attached hydrogen (secondary N) is 1. The second kappa shape index (κ2) is 7.85. The number of benzene rings is 1. The Morgan fingerprint density at radius 1 is 1.19 bits per heavy atom. The number of halogens is 3. The van der Waals surface area contributed by atoms with Gasteiger partial charge in [-0.3, -0.25) is 0 Å². The fourth-order valence-corrected chi connectivity index (χ4v) is 5.01. The maximum atomic E-state index is 14.6. The van der Waals surface area contributed by atoms with Gasteiger partial charge in [-0.05, 0) is 53.7 Å². The van der Waals surface area contributed by atoms with Crippen LogP contribution in [0.3, 0.4) is 0 Å². The van der Waals surface area contributed by atoms with Crippen LogP contribution in [0.4, 0.5) is 8.78 Å². The molecule has 0 fully saturated rings. The first kappa shape index (κ1) is 24.1. The van der Waals surface area contributed by atoms with Crippen molar-refractivity contribution in [3.63, 3.8) is 0 Å². The van der Waals surface area contributed by atoms with Crippen LogP contribution < -0.4 is 4.72 Å². The van der Waals surface area contributed by atoms with E-state index in [9.17, 15) is 26.7 Å². The molecule has 152 valence electrons. The van der Waals surface area contributed by atoms with Gasteiger partial charge in [0.05, 0.1) is 33.1 Å². The fourth-order valence-electron chi connectivity index (χ4n) is 2.11. The second-order valence-corrected chi connectivity index (χ2v) is 13.4. The Morgan fingerprint density at radius 3 is 2.15 bits per heavy atom. The Hall–Kier alpha value is -0.890. The SMILES string of the molecule is CC(C)(C)[S@@](=O)N[C@@](C)(CS(=O)(=O)C(C)(C)C#N)c1cc(Br)cc(F)c1F. The fraction of sp³-hybridized carbons (Fsp3) is 0.588. The lowest BCUT2D eigenvalue weighted by Crippen LogP contribution is -2.52. The van der Waals surface area contributed by atoms with E-state index in [0.29, 0.717) is 0 Å². The first-order valence-corrected chi connectivity index (χ1v) is 11.5. The number of nitrogens with zero attached hydrogens (tertiary/aromatic N) is 1. The molecule has 0 aliphatic carbocycles. The highest BCUT2D eigenvalue weighted by atomic mass is 79.9. The smallest absolute Gasteiger partial charge is 0.170 e. The molecular weight excluding hydrogens is 462 g/mol. The predicted molar refractivity (Wildman–Crippen MR) is 106 cm³/mol. The van der Waals surface area contributed by atoms with Gasteiger partial charge in [-0.1, -0.05) is 15.9 Å². The summed E-state index contributed by atoms with van der Waals surface area (Å²) in [5.41, 5.74) is -2.05. The van der Waals surface area contributed by atoms with Gasteiger partial charge in [-0.2, -0.15) is 5.26 Å². The summed E-state index contributed by atoms with van der Waals surface area (Å²) in [5, 5.41) is 9.20. The molecular formula is C17H23BrF2N2O3S2. The van der Waals surface area contributed by atoms with E-state index in [1.807, 2.05) is 0 Å². The quantitative estimate of drug-likeness (QED) is 0.623. The Kier molecular flexibility index (Phi) is 7.02. The molecule has 0 aromatic heterocycles. The molecule has 0 spiro atoms. The van der Waals surface area contributed by atoms with Crippen LogP contribution in [0.15, 0.2) is 16.6 Å². The van der Waals surface area contributed by atoms with E-state index in [-0.39, 0.29) is 10.0 Å². The molecule has 0 aliphatic heterocycles. The van der Waals surface area contributed by atoms with Gasteiger partial charge in [-0.15, -0.1) is 0 Å². The highest BCUT2D eigenvalue weighted by Crippen LogP contribution is 2.33. The van der Waals surface area contributed by atoms with Gasteiger partial charge in [0.2, 0.25) is 0 Å². The maximum Gasteiger partial charge on any atom is 0.170 e. The molecule has 10 heteroatoms. The summed E-state index contributed by atoms with van der Waals surface area (Å²) in [6.07, 6.45) is 0. The third-order valence-corrected chi connectivity index (χ3v) is 8.80. The molecule has 1 aromatic rings. The third kappa shape index (κ3) is 5.34. The van der Waals surface area contributed by atoms with Gasteiger partial charge in [-0.25, -0.2) is 26.1 Å². The summed E-state index contributed by atoms with van der Waals surface area (Å²) in [6, 6.07) is 3.85. The van der Waals surface area contributed by atoms with Crippen molar-refractivity contribution in [3.05, 3.63) is 33.8 Å². The van der Waals surface area contributed by atoms with E-state index < -0.39 is 53.2 Å². The molecule has 0 saturated heterocycles. The van der Waals surface area contributed by atoms with Crippen molar-refractivity contribution in [1.29, 1.82) is 5.26 Å². The van der Waals surface area contributed by atoms with E-state index in [2.05, 4.69) is 20.7 Å². The molecule has 0 heterocycles. The maximum absolute atomic E-state index is 14.6. The lowest BCUT2D eigenvalue weighted by atomic mass is 9.94. The van der Waals surface area contributed by atoms with Crippen molar-refractivity contribution in [3.8, 4) is 6.07 Å². The van der Waals surface area contributed by atoms with Gasteiger partial charge < -0.3 is 0 Å². The van der Waals surface area contributed by atoms with Crippen LogP contribution in [-0.4, -0.2) is 27.9 Å². The number of hydrogen-bond acceptors (Lipinski definition) is 4. The minimum atomic E-state index is -4.11. The topological polar surface area (TPSA) is 87.0 Å². The van der Waals surface area contributed by atoms with E-state index in [1.165, 1.54) is 26.8 Å². The van der Waals surface area contributed by atoms with Crippen LogP contribution in [-0.2, 0) is 26.4 Å². The van der Waals surface area contributed by atoms with Crippen molar-refractivity contribution in [2.24, 2.45) is 0 Å². The van der Waals surface area contributed by atoms with Crippen LogP contribution in [0.25, 0.3) is 0 Å². The average Bonchev–Trinajstić information content (AvgIpc) is 2.48. The van der Waals surface area contributed by atoms with Crippen molar-refractivity contribution in [2.75, 3.05) is 5.75 Å². The summed E-state index contributed by atoms with van der Waals surface area (Å²) in [7, 11) is -5.91. The molecule has 0 unspecified atom stereocenters. The van der Waals surface area contributed by atoms with Gasteiger partial charge in [0.15, 0.2) is 26.2 Å². The third-order valence-electron chi connectivity index (χ3n) is 3.99. The number of nitriles is 1. The lowest BCUT2D eigenvalue weighted by Gasteiger charge is -2.35. The first-order chi connectivity index (χ1) is 12.0. The Bertz CT molecular complexity index is 906. The average molecular weight is 485 g/mol. The van der Waals surface area contributed by atoms with E-state index in [0.717, 1.165) is 6.07 Å². The normalized spacial score (nSPS) is 16.4. The Balaban J connectivity index is 3.66. The molecule has 5 nitrogen and oxygen atoms in total. The number of rotatable bonds is 6. The minimum absolute atomic E-state index is 0.197. The molecule has 2 atom stereocenters. The van der Waals surface area contributed by atoms with Crippen LogP contribution in [0.1, 0.15) is 47.1 Å². The zero-order chi connectivity index (χ0) is 21.4. The number of sulfone groups is 1. The van der Waals surface area contributed by atoms with E-state index in [4.69, 9.17) is 0 Å². The summed E-state index contributed by atoms with van der Waals surface area (Å²) in [4.78, 5) is 0. The number of hydrogen-bond donors (Lipinski definition) is 1. The molecule has 1 rings (SSSR count). The van der Waals surface area contributed by atoms with Crippen LogP contribution in [0.5, 0.6) is 0 Å². The van der Waals surface area contributed by atoms with Gasteiger partial charge in [0.25, 0.3) is 0 Å². The molecule has 0 bridgehead atoms. The lowest BCUT2D eigenvalue weighted by molar-refractivity contribution is 0.425. The van der Waals surface area contributed by atoms with E-state index in [1.54, 1.807) is 26.8 Å². The van der Waals surface area contributed by atoms with Crippen molar-refractivity contribution in [1.82, 2.24) is 4.72 Å². The van der Waals surface area contributed by atoms with Crippen LogP contribution in [0, 0.1) is 23.0 Å². The van der Waals surface area contributed by atoms with E-state index >= 15 is 0 Å². The van der Waals surface area contributed by atoms with Gasteiger partial charge in [0.1, 0.15) is 0 Å². The largest absolute Gasteiger partial charge is 0.242 e. The van der Waals surface area contributed by atoms with Gasteiger partial charge in [0, 0.05) is 10.0 Å². The highest BCUT2D eigenvalue weighted by molar-refractivity contribution is 9.10. The minimum Gasteiger partial charge on any atom is -0.242 e. The molecule has 0 amide bonds. The van der Waals surface area contributed by atoms with Crippen molar-refractivity contribution < 1.29 is 21.4 Å². The van der Waals surface area contributed by atoms with Crippen molar-refractivity contribution in [2.45, 2.75) is 56.6 Å². The molecule has 27 heavy (non-hydrogen) atoms. The standard InChI is InChI=1S/C17H23BrF2N2O3S2/c1-15(2,3)26(23)22-17(6,10-27(24,25)16(4,5)9-21)12-7-11(18)8-13(19)14(12)20/h7-8,22H,10H2,1-6H3/t17-,26+/m0/s1. The monoisotopic (exact) mass is 484 g/mol. The first-order valence-electron chi connectivity index (χ1n) is 7.95. The van der Waals surface area contributed by atoms with Crippen LogP contribution >= 0.6 is 15.9 Å². The molecule has 1 aromatic carbocycles. The van der Waals surface area contributed by atoms with Crippen molar-refractivity contribution >= 4 is 36.8 Å². The molecule has 0 aliphatic rings. The molecule has 0 saturated carbocycles. The zero-order valence-corrected chi connectivity index (χ0v) is 19.2. The highest BCUT2D eigenvalue weighted by Gasteiger charge is 2.44. The second-order valence-electron chi connectivity index (χ2n) is 7.95. The molecule has 1 N–H and O–H groups in total. The summed E-state index contributed by atoms with van der Waals surface area (Å²) < 4.78 is 67.1. The summed E-state index contributed by atoms with van der Waals surface area (Å²) in [5.74, 6) is -3.18. The summed E-state index contributed by atoms with van der Waals surface area (Å²) >= 11 is 3.07. The zero-order valence-electron chi connectivity index (χ0n) is 16.0. The van der Waals surface area contributed by atoms with Crippen LogP contribution in [0.2, 0.25) is 0 Å². The Morgan fingerprint density at radius 2 is 1.70 bits per heavy atom.